The summed E-state index contributed by atoms with van der Waals surface area (Å²) in [6, 6.07) is 8.46. The Balaban J connectivity index is 1.63. The van der Waals surface area contributed by atoms with Crippen LogP contribution in [0.1, 0.15) is 30.1 Å². The van der Waals surface area contributed by atoms with E-state index < -0.39 is 0 Å². The number of aryl methyl sites for hydroxylation is 1. The molecule has 1 N–H and O–H groups in total. The third kappa shape index (κ3) is 3.04. The van der Waals surface area contributed by atoms with E-state index in [1.807, 2.05) is 0 Å². The van der Waals surface area contributed by atoms with Gasteiger partial charge in [0.05, 0.1) is 11.7 Å². The van der Waals surface area contributed by atoms with E-state index in [0.717, 1.165) is 30.6 Å². The fraction of sp³-hybridized carbons (Fsp3) is 0.467. The number of aromatic nitrogens is 2. The Bertz CT molecular complexity index is 584. The third-order valence-electron chi connectivity index (χ3n) is 3.68. The summed E-state index contributed by atoms with van der Waals surface area (Å²) in [5, 5.41) is 7.46. The van der Waals surface area contributed by atoms with Gasteiger partial charge in [-0.05, 0) is 31.5 Å². The fourth-order valence-corrected chi connectivity index (χ4v) is 3.33. The molecule has 4 nitrogen and oxygen atoms in total. The van der Waals surface area contributed by atoms with E-state index in [9.17, 15) is 0 Å². The standard InChI is InChI=1S/C15H19N3OS/c1-10-4-3-5-12(6-10)20-9-14-17-15(19-18-14)13-8-16-7-11(13)2/h3-6,11,13,16H,7-9H2,1-2H3/t11-,13-/m1/s1. The van der Waals surface area contributed by atoms with Gasteiger partial charge in [0.1, 0.15) is 0 Å². The number of hydrogen-bond donors (Lipinski definition) is 1. The molecule has 0 bridgehead atoms. The zero-order chi connectivity index (χ0) is 13.9. The average Bonchev–Trinajstić information content (AvgIpc) is 3.05. The van der Waals surface area contributed by atoms with Gasteiger partial charge >= 0.3 is 0 Å². The molecule has 20 heavy (non-hydrogen) atoms. The van der Waals surface area contributed by atoms with Crippen LogP contribution >= 0.6 is 11.8 Å². The molecule has 1 fully saturated rings. The van der Waals surface area contributed by atoms with E-state index in [0.29, 0.717) is 11.8 Å². The van der Waals surface area contributed by atoms with Crippen molar-refractivity contribution in [2.75, 3.05) is 13.1 Å². The third-order valence-corrected chi connectivity index (χ3v) is 4.67. The van der Waals surface area contributed by atoms with Gasteiger partial charge in [-0.1, -0.05) is 29.8 Å². The highest BCUT2D eigenvalue weighted by Gasteiger charge is 2.29. The summed E-state index contributed by atoms with van der Waals surface area (Å²) in [6.07, 6.45) is 0. The minimum Gasteiger partial charge on any atom is -0.339 e. The first-order valence-electron chi connectivity index (χ1n) is 6.95. The molecule has 5 heteroatoms. The monoisotopic (exact) mass is 289 g/mol. The Morgan fingerprint density at radius 1 is 1.40 bits per heavy atom. The van der Waals surface area contributed by atoms with Crippen LogP contribution in [0.3, 0.4) is 0 Å². The molecule has 1 aliphatic heterocycles. The molecule has 1 aromatic carbocycles. The molecular formula is C15H19N3OS. The molecule has 2 aromatic rings. The highest BCUT2D eigenvalue weighted by Crippen LogP contribution is 2.27. The largest absolute Gasteiger partial charge is 0.339 e. The molecule has 0 aliphatic carbocycles. The van der Waals surface area contributed by atoms with Crippen molar-refractivity contribution in [3.63, 3.8) is 0 Å². The molecule has 0 amide bonds. The van der Waals surface area contributed by atoms with Crippen LogP contribution in [0, 0.1) is 12.8 Å². The Labute approximate surface area is 123 Å². The Morgan fingerprint density at radius 3 is 3.05 bits per heavy atom. The van der Waals surface area contributed by atoms with Crippen LogP contribution in [0.4, 0.5) is 0 Å². The van der Waals surface area contributed by atoms with E-state index in [1.54, 1.807) is 11.8 Å². The van der Waals surface area contributed by atoms with E-state index in [1.165, 1.54) is 10.5 Å². The van der Waals surface area contributed by atoms with Crippen molar-refractivity contribution in [2.45, 2.75) is 30.4 Å². The maximum absolute atomic E-state index is 5.42. The zero-order valence-electron chi connectivity index (χ0n) is 11.8. The quantitative estimate of drug-likeness (QED) is 0.877. The molecule has 1 aliphatic rings. The first-order valence-corrected chi connectivity index (χ1v) is 7.93. The van der Waals surface area contributed by atoms with Gasteiger partial charge in [0, 0.05) is 11.4 Å². The number of nitrogens with zero attached hydrogens (tertiary/aromatic N) is 2. The second-order valence-electron chi connectivity index (χ2n) is 5.40. The van der Waals surface area contributed by atoms with Gasteiger partial charge in [0.2, 0.25) is 5.89 Å². The van der Waals surface area contributed by atoms with E-state index in [2.05, 4.69) is 53.6 Å². The lowest BCUT2D eigenvalue weighted by Crippen LogP contribution is -2.08. The fourth-order valence-electron chi connectivity index (χ4n) is 2.47. The second kappa shape index (κ2) is 5.97. The summed E-state index contributed by atoms with van der Waals surface area (Å²) in [5.41, 5.74) is 1.27. The van der Waals surface area contributed by atoms with Gasteiger partial charge in [-0.3, -0.25) is 0 Å². The highest BCUT2D eigenvalue weighted by atomic mass is 32.2. The Morgan fingerprint density at radius 2 is 2.30 bits per heavy atom. The molecule has 0 unspecified atom stereocenters. The molecule has 0 saturated carbocycles. The zero-order valence-corrected chi connectivity index (χ0v) is 12.6. The molecule has 0 radical (unpaired) electrons. The van der Waals surface area contributed by atoms with Crippen LogP contribution in [0.25, 0.3) is 0 Å². The van der Waals surface area contributed by atoms with Gasteiger partial charge in [-0.2, -0.15) is 4.98 Å². The van der Waals surface area contributed by atoms with Crippen LogP contribution in [0.5, 0.6) is 0 Å². The van der Waals surface area contributed by atoms with E-state index in [4.69, 9.17) is 4.52 Å². The molecule has 2 atom stereocenters. The number of nitrogens with one attached hydrogen (secondary N) is 1. The van der Waals surface area contributed by atoms with Crippen LogP contribution in [-0.4, -0.2) is 23.2 Å². The predicted octanol–water partition coefficient (Wildman–Crippen LogP) is 2.99. The molecular weight excluding hydrogens is 270 g/mol. The van der Waals surface area contributed by atoms with Crippen molar-refractivity contribution in [1.29, 1.82) is 0 Å². The van der Waals surface area contributed by atoms with Crippen molar-refractivity contribution < 1.29 is 4.52 Å². The van der Waals surface area contributed by atoms with Gasteiger partial charge in [-0.25, -0.2) is 0 Å². The lowest BCUT2D eigenvalue weighted by atomic mass is 9.98. The Kier molecular flexibility index (Phi) is 4.08. The second-order valence-corrected chi connectivity index (χ2v) is 6.44. The van der Waals surface area contributed by atoms with Gasteiger partial charge in [0.15, 0.2) is 5.82 Å². The lowest BCUT2D eigenvalue weighted by molar-refractivity contribution is 0.337. The molecule has 3 rings (SSSR count). The lowest BCUT2D eigenvalue weighted by Gasteiger charge is -2.07. The van der Waals surface area contributed by atoms with E-state index >= 15 is 0 Å². The Hall–Kier alpha value is -1.33. The number of thioether (sulfide) groups is 1. The minimum absolute atomic E-state index is 0.361. The summed E-state index contributed by atoms with van der Waals surface area (Å²) >= 11 is 1.74. The molecule has 0 spiro atoms. The van der Waals surface area contributed by atoms with Gasteiger partial charge in [0.25, 0.3) is 0 Å². The van der Waals surface area contributed by atoms with Crippen LogP contribution in [0.15, 0.2) is 33.7 Å². The summed E-state index contributed by atoms with van der Waals surface area (Å²) in [6.45, 7) is 6.29. The molecule has 1 aromatic heterocycles. The van der Waals surface area contributed by atoms with Crippen molar-refractivity contribution in [3.8, 4) is 0 Å². The summed E-state index contributed by atoms with van der Waals surface area (Å²) in [7, 11) is 0. The summed E-state index contributed by atoms with van der Waals surface area (Å²) in [5.74, 6) is 3.24. The number of rotatable bonds is 4. The minimum atomic E-state index is 0.361. The first kappa shape index (κ1) is 13.6. The molecule has 2 heterocycles. The normalized spacial score (nSPS) is 22.3. The van der Waals surface area contributed by atoms with Crippen LogP contribution in [-0.2, 0) is 5.75 Å². The van der Waals surface area contributed by atoms with Crippen LogP contribution in [0.2, 0.25) is 0 Å². The van der Waals surface area contributed by atoms with E-state index in [-0.39, 0.29) is 0 Å². The topological polar surface area (TPSA) is 51.0 Å². The maximum atomic E-state index is 5.42. The molecule has 1 saturated heterocycles. The summed E-state index contributed by atoms with van der Waals surface area (Å²) < 4.78 is 5.42. The van der Waals surface area contributed by atoms with Crippen molar-refractivity contribution in [3.05, 3.63) is 41.5 Å². The van der Waals surface area contributed by atoms with Crippen molar-refractivity contribution in [2.24, 2.45) is 5.92 Å². The van der Waals surface area contributed by atoms with Crippen molar-refractivity contribution >= 4 is 11.8 Å². The number of benzene rings is 1. The highest BCUT2D eigenvalue weighted by molar-refractivity contribution is 7.98. The van der Waals surface area contributed by atoms with Gasteiger partial charge in [-0.15, -0.1) is 11.8 Å². The number of hydrogen-bond acceptors (Lipinski definition) is 5. The SMILES string of the molecule is Cc1cccc(SCc2noc([C@@H]3CNC[C@H]3C)n2)c1. The maximum Gasteiger partial charge on any atom is 0.231 e. The smallest absolute Gasteiger partial charge is 0.231 e. The van der Waals surface area contributed by atoms with Gasteiger partial charge < -0.3 is 9.84 Å². The first-order chi connectivity index (χ1) is 9.72. The van der Waals surface area contributed by atoms with Crippen molar-refractivity contribution in [1.82, 2.24) is 15.5 Å². The average molecular weight is 289 g/mol. The van der Waals surface area contributed by atoms with Crippen LogP contribution < -0.4 is 5.32 Å². The molecule has 106 valence electrons. The summed E-state index contributed by atoms with van der Waals surface area (Å²) in [4.78, 5) is 5.78. The predicted molar refractivity (Wildman–Crippen MR) is 79.8 cm³/mol.